The van der Waals surface area contributed by atoms with Gasteiger partial charge >= 0.3 is 0 Å². The van der Waals surface area contributed by atoms with E-state index in [-0.39, 0.29) is 5.91 Å². The van der Waals surface area contributed by atoms with Gasteiger partial charge in [0.1, 0.15) is 5.75 Å². The van der Waals surface area contributed by atoms with Crippen LogP contribution in [-0.4, -0.2) is 40.4 Å². The molecule has 124 valence electrons. The molecule has 0 unspecified atom stereocenters. The second kappa shape index (κ2) is 6.28. The third kappa shape index (κ3) is 2.57. The Morgan fingerprint density at radius 2 is 2.08 bits per heavy atom. The number of hydrogen-bond acceptors (Lipinski definition) is 4. The smallest absolute Gasteiger partial charge is 0.274 e. The van der Waals surface area contributed by atoms with Gasteiger partial charge in [-0.1, -0.05) is 12.1 Å². The Kier molecular flexibility index (Phi) is 3.98. The van der Waals surface area contributed by atoms with Gasteiger partial charge in [-0.15, -0.1) is 11.3 Å². The molecule has 1 aliphatic heterocycles. The zero-order chi connectivity index (χ0) is 16.5. The number of hydrogen-bond donors (Lipinski definition) is 0. The van der Waals surface area contributed by atoms with Gasteiger partial charge in [-0.05, 0) is 31.4 Å². The van der Waals surface area contributed by atoms with Crippen molar-refractivity contribution in [1.29, 1.82) is 0 Å². The second-order valence-electron chi connectivity index (χ2n) is 5.95. The highest BCUT2D eigenvalue weighted by Crippen LogP contribution is 2.31. The van der Waals surface area contributed by atoms with Crippen molar-refractivity contribution in [3.8, 4) is 17.0 Å². The molecular weight excluding hydrogens is 322 g/mol. The van der Waals surface area contributed by atoms with Crippen molar-refractivity contribution in [1.82, 2.24) is 14.3 Å². The third-order valence-electron chi connectivity index (χ3n) is 4.45. The van der Waals surface area contributed by atoms with E-state index in [1.165, 1.54) is 6.42 Å². The van der Waals surface area contributed by atoms with Crippen LogP contribution in [0.1, 0.15) is 29.8 Å². The summed E-state index contributed by atoms with van der Waals surface area (Å²) in [6.07, 6.45) is 5.31. The SMILES string of the molecule is COc1cccc(-c2c(C(=O)N3CCCCC3)nc3sccn23)c1. The topological polar surface area (TPSA) is 46.8 Å². The van der Waals surface area contributed by atoms with Crippen molar-refractivity contribution < 1.29 is 9.53 Å². The van der Waals surface area contributed by atoms with Crippen molar-refractivity contribution in [2.45, 2.75) is 19.3 Å². The summed E-state index contributed by atoms with van der Waals surface area (Å²) in [6.45, 7) is 1.64. The van der Waals surface area contributed by atoms with Gasteiger partial charge in [-0.2, -0.15) is 0 Å². The van der Waals surface area contributed by atoms with Crippen LogP contribution >= 0.6 is 11.3 Å². The number of thiazole rings is 1. The maximum atomic E-state index is 13.0. The molecule has 4 rings (SSSR count). The number of carbonyl (C=O) groups excluding carboxylic acids is 1. The monoisotopic (exact) mass is 341 g/mol. The van der Waals surface area contributed by atoms with Gasteiger partial charge in [0.25, 0.3) is 5.91 Å². The van der Waals surface area contributed by atoms with Crippen LogP contribution in [0.4, 0.5) is 0 Å². The fourth-order valence-corrected chi connectivity index (χ4v) is 3.94. The minimum Gasteiger partial charge on any atom is -0.497 e. The lowest BCUT2D eigenvalue weighted by atomic mass is 10.1. The van der Waals surface area contributed by atoms with E-state index >= 15 is 0 Å². The number of ether oxygens (including phenoxy) is 1. The third-order valence-corrected chi connectivity index (χ3v) is 5.21. The molecule has 0 bridgehead atoms. The molecular formula is C18H19N3O2S. The Morgan fingerprint density at radius 3 is 2.88 bits per heavy atom. The molecule has 3 heterocycles. The van der Waals surface area contributed by atoms with Crippen molar-refractivity contribution in [3.63, 3.8) is 0 Å². The van der Waals surface area contributed by atoms with Crippen molar-refractivity contribution in [2.24, 2.45) is 0 Å². The largest absolute Gasteiger partial charge is 0.497 e. The first-order chi connectivity index (χ1) is 11.8. The highest BCUT2D eigenvalue weighted by molar-refractivity contribution is 7.15. The average Bonchev–Trinajstić information content (AvgIpc) is 3.22. The standard InChI is InChI=1S/C18H19N3O2S/c1-23-14-7-5-6-13(12-14)16-15(19-18-21(16)10-11-24-18)17(22)20-8-3-2-4-9-20/h5-7,10-12H,2-4,8-9H2,1H3. The normalized spacial score (nSPS) is 15.0. The van der Waals surface area contributed by atoms with Gasteiger partial charge < -0.3 is 9.64 Å². The van der Waals surface area contributed by atoms with Crippen LogP contribution < -0.4 is 4.74 Å². The highest BCUT2D eigenvalue weighted by atomic mass is 32.1. The van der Waals surface area contributed by atoms with Crippen molar-refractivity contribution >= 4 is 22.2 Å². The number of nitrogens with zero attached hydrogens (tertiary/aromatic N) is 3. The first kappa shape index (κ1) is 15.2. The number of carbonyl (C=O) groups is 1. The lowest BCUT2D eigenvalue weighted by molar-refractivity contribution is 0.0720. The molecule has 0 aliphatic carbocycles. The van der Waals surface area contributed by atoms with Crippen LogP contribution in [0.15, 0.2) is 35.8 Å². The summed E-state index contributed by atoms with van der Waals surface area (Å²) in [5.74, 6) is 0.803. The van der Waals surface area contributed by atoms with E-state index in [0.717, 1.165) is 47.9 Å². The van der Waals surface area contributed by atoms with Gasteiger partial charge in [0, 0.05) is 30.2 Å². The zero-order valence-corrected chi connectivity index (χ0v) is 14.4. The molecule has 0 atom stereocenters. The van der Waals surface area contributed by atoms with E-state index in [1.807, 2.05) is 45.1 Å². The van der Waals surface area contributed by atoms with Crippen molar-refractivity contribution in [2.75, 3.05) is 20.2 Å². The molecule has 1 aliphatic rings. The Labute approximate surface area is 144 Å². The average molecular weight is 341 g/mol. The number of piperidine rings is 1. The summed E-state index contributed by atoms with van der Waals surface area (Å²) in [7, 11) is 1.65. The zero-order valence-electron chi connectivity index (χ0n) is 13.6. The number of methoxy groups -OCH3 is 1. The number of likely N-dealkylation sites (tertiary alicyclic amines) is 1. The first-order valence-electron chi connectivity index (χ1n) is 8.17. The van der Waals surface area contributed by atoms with E-state index < -0.39 is 0 Å². The lowest BCUT2D eigenvalue weighted by Crippen LogP contribution is -2.36. The predicted molar refractivity (Wildman–Crippen MR) is 94.8 cm³/mol. The van der Waals surface area contributed by atoms with Gasteiger partial charge in [-0.25, -0.2) is 4.98 Å². The summed E-state index contributed by atoms with van der Waals surface area (Å²) in [5, 5.41) is 1.99. The quantitative estimate of drug-likeness (QED) is 0.730. The van der Waals surface area contributed by atoms with Crippen LogP contribution in [0.3, 0.4) is 0 Å². The molecule has 3 aromatic rings. The number of benzene rings is 1. The molecule has 1 saturated heterocycles. The lowest BCUT2D eigenvalue weighted by Gasteiger charge is -2.26. The van der Waals surface area contributed by atoms with Crippen LogP contribution in [-0.2, 0) is 0 Å². The van der Waals surface area contributed by atoms with Crippen LogP contribution in [0, 0.1) is 0 Å². The molecule has 0 radical (unpaired) electrons. The molecule has 24 heavy (non-hydrogen) atoms. The summed E-state index contributed by atoms with van der Waals surface area (Å²) in [5.41, 5.74) is 2.33. The Morgan fingerprint density at radius 1 is 1.25 bits per heavy atom. The van der Waals surface area contributed by atoms with Crippen molar-refractivity contribution in [3.05, 3.63) is 41.5 Å². The number of imidazole rings is 1. The molecule has 6 heteroatoms. The van der Waals surface area contributed by atoms with E-state index in [9.17, 15) is 4.79 Å². The number of fused-ring (bicyclic) bond motifs is 1. The van der Waals surface area contributed by atoms with E-state index in [4.69, 9.17) is 4.74 Å². The fraction of sp³-hybridized carbons (Fsp3) is 0.333. The van der Waals surface area contributed by atoms with E-state index in [1.54, 1.807) is 18.4 Å². The first-order valence-corrected chi connectivity index (χ1v) is 9.05. The highest BCUT2D eigenvalue weighted by Gasteiger charge is 2.26. The van der Waals surface area contributed by atoms with Crippen LogP contribution in [0.2, 0.25) is 0 Å². The molecule has 0 spiro atoms. The molecule has 0 N–H and O–H groups in total. The number of amides is 1. The molecule has 1 amide bonds. The van der Waals surface area contributed by atoms with Gasteiger partial charge in [0.05, 0.1) is 12.8 Å². The summed E-state index contributed by atoms with van der Waals surface area (Å²) in [4.78, 5) is 20.4. The Hall–Kier alpha value is -2.34. The van der Waals surface area contributed by atoms with E-state index in [0.29, 0.717) is 5.69 Å². The molecule has 1 aromatic carbocycles. The predicted octanol–water partition coefficient (Wildman–Crippen LogP) is 3.70. The Balaban J connectivity index is 1.83. The summed E-state index contributed by atoms with van der Waals surface area (Å²) in [6, 6.07) is 7.79. The number of aromatic nitrogens is 2. The number of rotatable bonds is 3. The Bertz CT molecular complexity index is 877. The summed E-state index contributed by atoms with van der Waals surface area (Å²) >= 11 is 1.54. The minimum absolute atomic E-state index is 0.0309. The van der Waals surface area contributed by atoms with E-state index in [2.05, 4.69) is 4.98 Å². The van der Waals surface area contributed by atoms with Crippen LogP contribution in [0.25, 0.3) is 16.2 Å². The minimum atomic E-state index is 0.0309. The second-order valence-corrected chi connectivity index (χ2v) is 6.82. The molecule has 5 nitrogen and oxygen atoms in total. The maximum Gasteiger partial charge on any atom is 0.274 e. The molecule has 1 fully saturated rings. The van der Waals surface area contributed by atoms with Gasteiger partial charge in [0.2, 0.25) is 0 Å². The van der Waals surface area contributed by atoms with Gasteiger partial charge in [-0.3, -0.25) is 9.20 Å². The maximum absolute atomic E-state index is 13.0. The van der Waals surface area contributed by atoms with Gasteiger partial charge in [0.15, 0.2) is 10.7 Å². The molecule has 2 aromatic heterocycles. The van der Waals surface area contributed by atoms with Crippen LogP contribution in [0.5, 0.6) is 5.75 Å². The molecule has 0 saturated carbocycles. The summed E-state index contributed by atoms with van der Waals surface area (Å²) < 4.78 is 7.34. The fourth-order valence-electron chi connectivity index (χ4n) is 3.23.